The van der Waals surface area contributed by atoms with Gasteiger partial charge in [-0.2, -0.15) is 0 Å². The van der Waals surface area contributed by atoms with Crippen molar-refractivity contribution >= 4 is 45.2 Å². The number of aryl methyl sites for hydroxylation is 2. The van der Waals surface area contributed by atoms with Gasteiger partial charge in [-0.15, -0.1) is 10.2 Å². The zero-order valence-electron chi connectivity index (χ0n) is 18.3. The number of carbonyl (C=O) groups excluding carboxylic acids is 2. The van der Waals surface area contributed by atoms with Crippen molar-refractivity contribution < 1.29 is 19.1 Å². The molecular weight excluding hydrogens is 510 g/mol. The van der Waals surface area contributed by atoms with Crippen molar-refractivity contribution in [2.75, 3.05) is 17.9 Å². The number of thioether (sulfide) groups is 1. The summed E-state index contributed by atoms with van der Waals surface area (Å²) in [7, 11) is 1.79. The first kappa shape index (κ1) is 23.1. The van der Waals surface area contributed by atoms with E-state index in [0.717, 1.165) is 21.3 Å². The third-order valence-corrected chi connectivity index (χ3v) is 6.83. The van der Waals surface area contributed by atoms with Crippen LogP contribution in [0.5, 0.6) is 11.5 Å². The first-order chi connectivity index (χ1) is 15.8. The molecule has 0 atom stereocenters. The molecule has 0 unspecified atom stereocenters. The Hall–Kier alpha value is -3.05. The Morgan fingerprint density at radius 1 is 1.12 bits per heavy atom. The fourth-order valence-corrected chi connectivity index (χ4v) is 4.40. The predicted octanol–water partition coefficient (Wildman–Crippen LogP) is 3.58. The lowest BCUT2D eigenvalue weighted by atomic mass is 10.1. The molecule has 4 rings (SSSR count). The first-order valence-corrected chi connectivity index (χ1v) is 11.8. The third kappa shape index (κ3) is 5.31. The van der Waals surface area contributed by atoms with Gasteiger partial charge in [0.15, 0.2) is 22.5 Å². The van der Waals surface area contributed by atoms with Crippen LogP contribution in [0, 0.1) is 13.8 Å². The number of aromatic nitrogens is 3. The van der Waals surface area contributed by atoms with Crippen LogP contribution in [0.1, 0.15) is 27.3 Å². The molecule has 0 saturated carbocycles. The van der Waals surface area contributed by atoms with Crippen LogP contribution in [0.15, 0.2) is 40.0 Å². The SMILES string of the molecule is Cc1cc(Br)c(NC(=O)CSc2nnc(CNC(=O)c3ccc4c(c3)OCO4)n2C)cc1C. The lowest BCUT2D eigenvalue weighted by Crippen LogP contribution is -2.24. The summed E-state index contributed by atoms with van der Waals surface area (Å²) >= 11 is 4.76. The van der Waals surface area contributed by atoms with E-state index in [0.29, 0.717) is 28.0 Å². The highest BCUT2D eigenvalue weighted by Gasteiger charge is 2.17. The third-order valence-electron chi connectivity index (χ3n) is 5.16. The topological polar surface area (TPSA) is 107 Å². The van der Waals surface area contributed by atoms with E-state index in [1.807, 2.05) is 26.0 Å². The Morgan fingerprint density at radius 3 is 2.70 bits per heavy atom. The number of anilines is 1. The highest BCUT2D eigenvalue weighted by molar-refractivity contribution is 9.10. The molecular formula is C22H22BrN5O4S. The normalized spacial score (nSPS) is 12.0. The van der Waals surface area contributed by atoms with Crippen LogP contribution in [-0.2, 0) is 18.4 Å². The molecule has 1 aromatic heterocycles. The number of nitrogens with one attached hydrogen (secondary N) is 2. The minimum atomic E-state index is -0.260. The maximum absolute atomic E-state index is 12.5. The molecule has 1 aliphatic rings. The van der Waals surface area contributed by atoms with Crippen LogP contribution in [0.25, 0.3) is 0 Å². The van der Waals surface area contributed by atoms with Gasteiger partial charge in [0, 0.05) is 17.1 Å². The van der Waals surface area contributed by atoms with Gasteiger partial charge in [0.1, 0.15) is 0 Å². The molecule has 9 nitrogen and oxygen atoms in total. The van der Waals surface area contributed by atoms with E-state index >= 15 is 0 Å². The molecule has 0 aliphatic carbocycles. The van der Waals surface area contributed by atoms with Crippen molar-refractivity contribution in [1.82, 2.24) is 20.1 Å². The largest absolute Gasteiger partial charge is 0.454 e. The van der Waals surface area contributed by atoms with E-state index in [9.17, 15) is 9.59 Å². The van der Waals surface area contributed by atoms with Crippen LogP contribution < -0.4 is 20.1 Å². The molecule has 0 saturated heterocycles. The lowest BCUT2D eigenvalue weighted by molar-refractivity contribution is -0.113. The van der Waals surface area contributed by atoms with E-state index in [4.69, 9.17) is 9.47 Å². The summed E-state index contributed by atoms with van der Waals surface area (Å²) < 4.78 is 13.2. The average Bonchev–Trinajstić information content (AvgIpc) is 3.40. The minimum absolute atomic E-state index is 0.149. The number of hydrogen-bond acceptors (Lipinski definition) is 7. The van der Waals surface area contributed by atoms with E-state index in [1.165, 1.54) is 11.8 Å². The molecule has 2 heterocycles. The van der Waals surface area contributed by atoms with E-state index in [2.05, 4.69) is 36.8 Å². The Kier molecular flexibility index (Phi) is 6.89. The zero-order valence-corrected chi connectivity index (χ0v) is 20.7. The van der Waals surface area contributed by atoms with E-state index in [1.54, 1.807) is 29.8 Å². The quantitative estimate of drug-likeness (QED) is 0.448. The van der Waals surface area contributed by atoms with Crippen LogP contribution >= 0.6 is 27.7 Å². The van der Waals surface area contributed by atoms with Gasteiger partial charge in [0.05, 0.1) is 18.0 Å². The fraction of sp³-hybridized carbons (Fsp3) is 0.273. The smallest absolute Gasteiger partial charge is 0.251 e. The Balaban J connectivity index is 1.31. The van der Waals surface area contributed by atoms with Gasteiger partial charge in [0.2, 0.25) is 12.7 Å². The molecule has 2 amide bonds. The Morgan fingerprint density at radius 2 is 1.88 bits per heavy atom. The van der Waals surface area contributed by atoms with Crippen molar-refractivity contribution in [2.45, 2.75) is 25.5 Å². The fourth-order valence-electron chi connectivity index (χ4n) is 3.12. The molecule has 0 fully saturated rings. The predicted molar refractivity (Wildman–Crippen MR) is 128 cm³/mol. The molecule has 1 aliphatic heterocycles. The second kappa shape index (κ2) is 9.84. The summed E-state index contributed by atoms with van der Waals surface area (Å²) in [6, 6.07) is 8.93. The van der Waals surface area contributed by atoms with Gasteiger partial charge in [0.25, 0.3) is 5.91 Å². The number of hydrogen-bond donors (Lipinski definition) is 2. The van der Waals surface area contributed by atoms with Gasteiger partial charge in [-0.05, 0) is 71.2 Å². The molecule has 0 radical (unpaired) electrons. The number of halogens is 1. The van der Waals surface area contributed by atoms with Crippen molar-refractivity contribution in [3.8, 4) is 11.5 Å². The number of nitrogens with zero attached hydrogens (tertiary/aromatic N) is 3. The number of rotatable bonds is 7. The van der Waals surface area contributed by atoms with Crippen LogP contribution in [0.3, 0.4) is 0 Å². The van der Waals surface area contributed by atoms with Crippen molar-refractivity contribution in [3.05, 3.63) is 57.3 Å². The maximum atomic E-state index is 12.5. The Labute approximate surface area is 203 Å². The van der Waals surface area contributed by atoms with E-state index in [-0.39, 0.29) is 30.9 Å². The molecule has 11 heteroatoms. The second-order valence-corrected chi connectivity index (χ2v) is 9.26. The maximum Gasteiger partial charge on any atom is 0.251 e. The highest BCUT2D eigenvalue weighted by atomic mass is 79.9. The second-order valence-electron chi connectivity index (χ2n) is 7.46. The number of amides is 2. The summed E-state index contributed by atoms with van der Waals surface area (Å²) in [6.07, 6.45) is 0. The molecule has 2 N–H and O–H groups in total. The van der Waals surface area contributed by atoms with E-state index < -0.39 is 0 Å². The first-order valence-electron chi connectivity index (χ1n) is 10.1. The molecule has 2 aromatic carbocycles. The molecule has 33 heavy (non-hydrogen) atoms. The van der Waals surface area contributed by atoms with Gasteiger partial charge in [-0.1, -0.05) is 11.8 Å². The van der Waals surface area contributed by atoms with Gasteiger partial charge in [-0.3, -0.25) is 9.59 Å². The number of fused-ring (bicyclic) bond motifs is 1. The average molecular weight is 532 g/mol. The summed E-state index contributed by atoms with van der Waals surface area (Å²) in [5.41, 5.74) is 3.44. The number of carbonyl (C=O) groups is 2. The van der Waals surface area contributed by atoms with Gasteiger partial charge < -0.3 is 24.7 Å². The van der Waals surface area contributed by atoms with Crippen molar-refractivity contribution in [2.24, 2.45) is 7.05 Å². The van der Waals surface area contributed by atoms with Gasteiger partial charge >= 0.3 is 0 Å². The molecule has 0 spiro atoms. The van der Waals surface area contributed by atoms with Gasteiger partial charge in [-0.25, -0.2) is 0 Å². The lowest BCUT2D eigenvalue weighted by Gasteiger charge is -2.10. The van der Waals surface area contributed by atoms with Crippen LogP contribution in [-0.4, -0.2) is 39.1 Å². The Bertz CT molecular complexity index is 1230. The van der Waals surface area contributed by atoms with Crippen LogP contribution in [0.2, 0.25) is 0 Å². The highest BCUT2D eigenvalue weighted by Crippen LogP contribution is 2.32. The zero-order chi connectivity index (χ0) is 23.5. The number of benzene rings is 2. The van der Waals surface area contributed by atoms with Crippen molar-refractivity contribution in [1.29, 1.82) is 0 Å². The summed E-state index contributed by atoms with van der Waals surface area (Å²) in [5, 5.41) is 14.6. The summed E-state index contributed by atoms with van der Waals surface area (Å²) in [6.45, 7) is 4.36. The molecule has 0 bridgehead atoms. The monoisotopic (exact) mass is 531 g/mol. The summed E-state index contributed by atoms with van der Waals surface area (Å²) in [5.74, 6) is 1.51. The number of ether oxygens (including phenoxy) is 2. The molecule has 3 aromatic rings. The standard InChI is InChI=1S/C22H22BrN5O4S/c1-12-6-15(23)16(7-13(12)2)25-20(29)10-33-22-27-26-19(28(22)3)9-24-21(30)14-4-5-17-18(8-14)32-11-31-17/h4-8H,9-11H2,1-3H3,(H,24,30)(H,25,29). The minimum Gasteiger partial charge on any atom is -0.454 e. The van der Waals surface area contributed by atoms with Crippen molar-refractivity contribution in [3.63, 3.8) is 0 Å². The molecule has 172 valence electrons. The summed E-state index contributed by atoms with van der Waals surface area (Å²) in [4.78, 5) is 24.9. The van der Waals surface area contributed by atoms with Crippen LogP contribution in [0.4, 0.5) is 5.69 Å².